The van der Waals surface area contributed by atoms with Crippen LogP contribution in [0, 0.1) is 12.8 Å². The first kappa shape index (κ1) is 16.2. The number of aliphatic carboxylic acids is 1. The van der Waals surface area contributed by atoms with E-state index in [1.165, 1.54) is 0 Å². The molecule has 0 aliphatic heterocycles. The highest BCUT2D eigenvalue weighted by atomic mass is 16.5. The number of aryl methyl sites for hydroxylation is 1. The lowest BCUT2D eigenvalue weighted by molar-refractivity contribution is -0.141. The Bertz CT molecular complexity index is 445. The molecule has 1 aromatic carbocycles. The predicted octanol–water partition coefficient (Wildman–Crippen LogP) is 2.58. The molecule has 110 valence electrons. The molecule has 0 radical (unpaired) electrons. The van der Waals surface area contributed by atoms with Crippen molar-refractivity contribution in [3.05, 3.63) is 42.5 Å². The van der Waals surface area contributed by atoms with Crippen LogP contribution in [0.1, 0.15) is 12.5 Å². The Morgan fingerprint density at radius 3 is 2.90 bits per heavy atom. The van der Waals surface area contributed by atoms with Gasteiger partial charge in [-0.25, -0.2) is 0 Å². The van der Waals surface area contributed by atoms with Crippen LogP contribution in [-0.4, -0.2) is 42.2 Å². The molecule has 4 heteroatoms. The van der Waals surface area contributed by atoms with Gasteiger partial charge in [0.25, 0.3) is 0 Å². The van der Waals surface area contributed by atoms with Gasteiger partial charge >= 0.3 is 5.97 Å². The molecule has 20 heavy (non-hydrogen) atoms. The molecule has 1 aromatic rings. The Morgan fingerprint density at radius 2 is 2.30 bits per heavy atom. The van der Waals surface area contributed by atoms with Crippen LogP contribution in [-0.2, 0) is 4.79 Å². The second-order valence-corrected chi connectivity index (χ2v) is 4.95. The topological polar surface area (TPSA) is 49.8 Å². The Morgan fingerprint density at radius 1 is 1.55 bits per heavy atom. The molecular formula is C16H23NO3. The van der Waals surface area contributed by atoms with Gasteiger partial charge in [0, 0.05) is 19.6 Å². The molecule has 0 saturated heterocycles. The van der Waals surface area contributed by atoms with Crippen molar-refractivity contribution in [2.45, 2.75) is 13.8 Å². The fourth-order valence-corrected chi connectivity index (χ4v) is 1.90. The van der Waals surface area contributed by atoms with Crippen molar-refractivity contribution in [2.75, 3.05) is 26.2 Å². The van der Waals surface area contributed by atoms with Crippen LogP contribution in [0.3, 0.4) is 0 Å². The van der Waals surface area contributed by atoms with E-state index in [1.807, 2.05) is 36.1 Å². The smallest absolute Gasteiger partial charge is 0.307 e. The van der Waals surface area contributed by atoms with Gasteiger partial charge in [-0.3, -0.25) is 9.69 Å². The quantitative estimate of drug-likeness (QED) is 0.705. The molecule has 1 unspecified atom stereocenters. The lowest BCUT2D eigenvalue weighted by Gasteiger charge is -2.22. The number of carboxylic acid groups (broad SMARTS) is 1. The van der Waals surface area contributed by atoms with Crippen molar-refractivity contribution < 1.29 is 14.6 Å². The summed E-state index contributed by atoms with van der Waals surface area (Å²) in [6.07, 6.45) is 1.78. The van der Waals surface area contributed by atoms with Crippen LogP contribution >= 0.6 is 0 Å². The second-order valence-electron chi connectivity index (χ2n) is 4.95. The Labute approximate surface area is 120 Å². The molecule has 1 N–H and O–H groups in total. The summed E-state index contributed by atoms with van der Waals surface area (Å²) in [7, 11) is 0. The van der Waals surface area contributed by atoms with E-state index in [4.69, 9.17) is 9.84 Å². The summed E-state index contributed by atoms with van der Waals surface area (Å²) < 4.78 is 5.68. The molecule has 0 aliphatic rings. The molecule has 0 fully saturated rings. The fourth-order valence-electron chi connectivity index (χ4n) is 1.90. The zero-order chi connectivity index (χ0) is 15.0. The van der Waals surface area contributed by atoms with Crippen molar-refractivity contribution in [1.82, 2.24) is 4.90 Å². The second kappa shape index (κ2) is 8.38. The number of carboxylic acids is 1. The Hall–Kier alpha value is -1.81. The van der Waals surface area contributed by atoms with Gasteiger partial charge in [0.2, 0.25) is 0 Å². The highest BCUT2D eigenvalue weighted by Crippen LogP contribution is 2.12. The van der Waals surface area contributed by atoms with Gasteiger partial charge < -0.3 is 9.84 Å². The summed E-state index contributed by atoms with van der Waals surface area (Å²) in [6, 6.07) is 7.88. The van der Waals surface area contributed by atoms with Crippen molar-refractivity contribution in [3.63, 3.8) is 0 Å². The van der Waals surface area contributed by atoms with Gasteiger partial charge in [-0.2, -0.15) is 0 Å². The fraction of sp³-hybridized carbons (Fsp3) is 0.438. The summed E-state index contributed by atoms with van der Waals surface area (Å²) in [5.74, 6) is -0.331. The van der Waals surface area contributed by atoms with Gasteiger partial charge in [-0.05, 0) is 24.6 Å². The number of rotatable bonds is 9. The lowest BCUT2D eigenvalue weighted by atomic mass is 10.1. The van der Waals surface area contributed by atoms with E-state index in [0.717, 1.165) is 11.3 Å². The maximum Gasteiger partial charge on any atom is 0.307 e. The van der Waals surface area contributed by atoms with Crippen molar-refractivity contribution in [2.24, 2.45) is 5.92 Å². The monoisotopic (exact) mass is 277 g/mol. The first-order chi connectivity index (χ1) is 9.52. The van der Waals surface area contributed by atoms with Crippen LogP contribution in [0.5, 0.6) is 5.75 Å². The SMILES string of the molecule is C=CCN(CCOc1cccc(C)c1)CC(C)C(=O)O. The van der Waals surface area contributed by atoms with Crippen molar-refractivity contribution in [3.8, 4) is 5.75 Å². The third-order valence-corrected chi connectivity index (χ3v) is 3.01. The van der Waals surface area contributed by atoms with E-state index >= 15 is 0 Å². The van der Waals surface area contributed by atoms with Crippen molar-refractivity contribution in [1.29, 1.82) is 0 Å². The molecule has 1 rings (SSSR count). The van der Waals surface area contributed by atoms with Crippen LogP contribution in [0.15, 0.2) is 36.9 Å². The van der Waals surface area contributed by atoms with Crippen LogP contribution in [0.25, 0.3) is 0 Å². The molecule has 4 nitrogen and oxygen atoms in total. The summed E-state index contributed by atoms with van der Waals surface area (Å²) in [5.41, 5.74) is 1.16. The first-order valence-electron chi connectivity index (χ1n) is 6.78. The summed E-state index contributed by atoms with van der Waals surface area (Å²) in [5, 5.41) is 8.95. The van der Waals surface area contributed by atoms with Crippen LogP contribution in [0.2, 0.25) is 0 Å². The van der Waals surface area contributed by atoms with Crippen LogP contribution in [0.4, 0.5) is 0 Å². The van der Waals surface area contributed by atoms with Gasteiger partial charge in [0.1, 0.15) is 12.4 Å². The van der Waals surface area contributed by atoms with E-state index < -0.39 is 11.9 Å². The number of nitrogens with zero attached hydrogens (tertiary/aromatic N) is 1. The third-order valence-electron chi connectivity index (χ3n) is 3.01. The molecule has 0 heterocycles. The average molecular weight is 277 g/mol. The maximum atomic E-state index is 10.9. The third kappa shape index (κ3) is 5.89. The predicted molar refractivity (Wildman–Crippen MR) is 80.1 cm³/mol. The van der Waals surface area contributed by atoms with Gasteiger partial charge in [0.15, 0.2) is 0 Å². The van der Waals surface area contributed by atoms with E-state index in [9.17, 15) is 4.79 Å². The van der Waals surface area contributed by atoms with Crippen LogP contribution < -0.4 is 4.74 Å². The van der Waals surface area contributed by atoms with E-state index in [-0.39, 0.29) is 0 Å². The average Bonchev–Trinajstić information content (AvgIpc) is 2.38. The highest BCUT2D eigenvalue weighted by Gasteiger charge is 2.15. The van der Waals surface area contributed by atoms with E-state index in [0.29, 0.717) is 26.2 Å². The molecule has 0 bridgehead atoms. The van der Waals surface area contributed by atoms with E-state index in [1.54, 1.807) is 13.0 Å². The lowest BCUT2D eigenvalue weighted by Crippen LogP contribution is -2.35. The molecular weight excluding hydrogens is 254 g/mol. The minimum Gasteiger partial charge on any atom is -0.492 e. The number of hydrogen-bond donors (Lipinski definition) is 1. The van der Waals surface area contributed by atoms with Gasteiger partial charge in [-0.1, -0.05) is 25.1 Å². The standard InChI is InChI=1S/C16H23NO3/c1-4-8-17(12-14(3)16(18)19)9-10-20-15-7-5-6-13(2)11-15/h4-7,11,14H,1,8-10,12H2,2-3H3,(H,18,19). The zero-order valence-electron chi connectivity index (χ0n) is 12.2. The molecule has 0 spiro atoms. The zero-order valence-corrected chi connectivity index (χ0v) is 12.2. The minimum atomic E-state index is -0.779. The molecule has 1 atom stereocenters. The highest BCUT2D eigenvalue weighted by molar-refractivity contribution is 5.69. The Balaban J connectivity index is 2.42. The summed E-state index contributed by atoms with van der Waals surface area (Å²) in [4.78, 5) is 12.9. The number of hydrogen-bond acceptors (Lipinski definition) is 3. The Kier molecular flexibility index (Phi) is 6.81. The normalized spacial score (nSPS) is 12.2. The van der Waals surface area contributed by atoms with Gasteiger partial charge in [0.05, 0.1) is 5.92 Å². The molecule has 0 amide bonds. The summed E-state index contributed by atoms with van der Waals surface area (Å²) in [6.45, 7) is 9.80. The molecule has 0 saturated carbocycles. The van der Waals surface area contributed by atoms with Gasteiger partial charge in [-0.15, -0.1) is 6.58 Å². The number of carbonyl (C=O) groups is 1. The van der Waals surface area contributed by atoms with Crippen molar-refractivity contribution >= 4 is 5.97 Å². The number of benzene rings is 1. The first-order valence-corrected chi connectivity index (χ1v) is 6.78. The largest absolute Gasteiger partial charge is 0.492 e. The summed E-state index contributed by atoms with van der Waals surface area (Å²) >= 11 is 0. The molecule has 0 aliphatic carbocycles. The van der Waals surface area contributed by atoms with E-state index in [2.05, 4.69) is 6.58 Å². The maximum absolute atomic E-state index is 10.9. The minimum absolute atomic E-state index is 0.395. The molecule has 0 aromatic heterocycles. The number of ether oxygens (including phenoxy) is 1.